The Morgan fingerprint density at radius 2 is 1.95 bits per heavy atom. The monoisotopic (exact) mass is 314 g/mol. The van der Waals surface area contributed by atoms with Crippen molar-refractivity contribution < 1.29 is 14.3 Å². The second-order valence-electron chi connectivity index (χ2n) is 4.65. The van der Waals surface area contributed by atoms with Gasteiger partial charge >= 0.3 is 0 Å². The lowest BCUT2D eigenvalue weighted by atomic mass is 10.1. The predicted octanol–water partition coefficient (Wildman–Crippen LogP) is 3.52. The minimum Gasteiger partial charge on any atom is -0.508 e. The van der Waals surface area contributed by atoms with Crippen molar-refractivity contribution in [1.82, 2.24) is 0 Å². The molecule has 0 aliphatic heterocycles. The van der Waals surface area contributed by atoms with Crippen molar-refractivity contribution in [3.63, 3.8) is 0 Å². The molecule has 3 aromatic rings. The van der Waals surface area contributed by atoms with E-state index in [1.807, 2.05) is 0 Å². The molecular weight excluding hydrogens is 304 g/mol. The average molecular weight is 315 g/mol. The first-order valence-electron chi connectivity index (χ1n) is 6.42. The third-order valence-electron chi connectivity index (χ3n) is 3.12. The van der Waals surface area contributed by atoms with E-state index in [-0.39, 0.29) is 16.9 Å². The maximum atomic E-state index is 12.3. The predicted molar refractivity (Wildman–Crippen MR) is 83.1 cm³/mol. The number of hydrogen-bond acceptors (Lipinski definition) is 4. The first kappa shape index (κ1) is 14.2. The molecule has 0 bridgehead atoms. The molecule has 0 aliphatic carbocycles. The number of phenolic OH excluding ortho intramolecular Hbond substituents is 1. The maximum Gasteiger partial charge on any atom is 0.261 e. The number of para-hydroxylation sites is 1. The Morgan fingerprint density at radius 1 is 1.18 bits per heavy atom. The number of halogens is 1. The molecule has 0 unspecified atom stereocenters. The van der Waals surface area contributed by atoms with Crippen LogP contribution in [-0.2, 0) is 0 Å². The molecule has 0 saturated heterocycles. The summed E-state index contributed by atoms with van der Waals surface area (Å²) in [4.78, 5) is 12.3. The molecule has 6 heteroatoms. The van der Waals surface area contributed by atoms with Gasteiger partial charge in [-0.2, -0.15) is 0 Å². The van der Waals surface area contributed by atoms with E-state index in [0.29, 0.717) is 21.7 Å². The van der Waals surface area contributed by atoms with Crippen molar-refractivity contribution in [1.29, 1.82) is 5.41 Å². The van der Waals surface area contributed by atoms with Crippen LogP contribution in [0.25, 0.3) is 11.0 Å². The number of carbonyl (C=O) groups excluding carboxylic acids is 1. The van der Waals surface area contributed by atoms with Gasteiger partial charge in [0.15, 0.2) is 0 Å². The molecule has 1 heterocycles. The second-order valence-corrected chi connectivity index (χ2v) is 5.05. The number of anilines is 1. The Morgan fingerprint density at radius 3 is 2.73 bits per heavy atom. The van der Waals surface area contributed by atoms with Crippen LogP contribution in [0.2, 0.25) is 5.02 Å². The van der Waals surface area contributed by atoms with Crippen LogP contribution >= 0.6 is 11.6 Å². The van der Waals surface area contributed by atoms with Crippen LogP contribution in [-0.4, -0.2) is 11.0 Å². The van der Waals surface area contributed by atoms with Crippen molar-refractivity contribution in [2.75, 3.05) is 5.32 Å². The molecule has 0 atom stereocenters. The Balaban J connectivity index is 2.01. The maximum absolute atomic E-state index is 12.3. The molecule has 5 nitrogen and oxygen atoms in total. The highest BCUT2D eigenvalue weighted by Gasteiger charge is 2.13. The SMILES string of the molecule is N=c1oc2cc(O)ccc2cc1C(=O)Nc1ccccc1Cl. The number of phenols is 1. The highest BCUT2D eigenvalue weighted by Crippen LogP contribution is 2.22. The van der Waals surface area contributed by atoms with Gasteiger partial charge in [-0.15, -0.1) is 0 Å². The van der Waals surface area contributed by atoms with Crippen LogP contribution in [0.4, 0.5) is 5.69 Å². The van der Waals surface area contributed by atoms with Crippen molar-refractivity contribution in [3.05, 3.63) is 64.7 Å². The third-order valence-corrected chi connectivity index (χ3v) is 3.45. The second kappa shape index (κ2) is 5.54. The third kappa shape index (κ3) is 2.66. The molecule has 22 heavy (non-hydrogen) atoms. The summed E-state index contributed by atoms with van der Waals surface area (Å²) in [6, 6.07) is 12.8. The van der Waals surface area contributed by atoms with E-state index in [0.717, 1.165) is 0 Å². The van der Waals surface area contributed by atoms with Crippen molar-refractivity contribution in [3.8, 4) is 5.75 Å². The zero-order valence-electron chi connectivity index (χ0n) is 11.3. The lowest BCUT2D eigenvalue weighted by Gasteiger charge is -2.07. The van der Waals surface area contributed by atoms with E-state index >= 15 is 0 Å². The fourth-order valence-corrected chi connectivity index (χ4v) is 2.22. The molecule has 0 spiro atoms. The molecule has 1 aromatic heterocycles. The van der Waals surface area contributed by atoms with Crippen LogP contribution in [0.1, 0.15) is 10.4 Å². The summed E-state index contributed by atoms with van der Waals surface area (Å²) >= 11 is 6.00. The summed E-state index contributed by atoms with van der Waals surface area (Å²) in [6.45, 7) is 0. The highest BCUT2D eigenvalue weighted by molar-refractivity contribution is 6.33. The summed E-state index contributed by atoms with van der Waals surface area (Å²) in [7, 11) is 0. The zero-order valence-corrected chi connectivity index (χ0v) is 12.0. The van der Waals surface area contributed by atoms with E-state index in [1.54, 1.807) is 30.3 Å². The molecule has 0 aliphatic rings. The van der Waals surface area contributed by atoms with Gasteiger partial charge in [-0.25, -0.2) is 0 Å². The molecule has 0 saturated carbocycles. The molecule has 0 radical (unpaired) electrons. The average Bonchev–Trinajstić information content (AvgIpc) is 2.48. The molecular formula is C16H11ClN2O3. The van der Waals surface area contributed by atoms with Gasteiger partial charge in [0.1, 0.15) is 16.9 Å². The number of benzene rings is 2. The largest absolute Gasteiger partial charge is 0.508 e. The summed E-state index contributed by atoms with van der Waals surface area (Å²) in [5.41, 5.74) is 0.583. The fourth-order valence-electron chi connectivity index (χ4n) is 2.04. The van der Waals surface area contributed by atoms with Crippen molar-refractivity contribution in [2.24, 2.45) is 0 Å². The highest BCUT2D eigenvalue weighted by atomic mass is 35.5. The summed E-state index contributed by atoms with van der Waals surface area (Å²) < 4.78 is 5.28. The van der Waals surface area contributed by atoms with E-state index in [9.17, 15) is 9.90 Å². The van der Waals surface area contributed by atoms with Crippen LogP contribution in [0.5, 0.6) is 5.75 Å². The Labute approximate surface area is 130 Å². The lowest BCUT2D eigenvalue weighted by molar-refractivity contribution is 0.102. The molecule has 110 valence electrons. The van der Waals surface area contributed by atoms with Gasteiger partial charge in [0, 0.05) is 11.5 Å². The van der Waals surface area contributed by atoms with E-state index in [2.05, 4.69) is 5.32 Å². The van der Waals surface area contributed by atoms with Crippen LogP contribution in [0.3, 0.4) is 0 Å². The number of amides is 1. The van der Waals surface area contributed by atoms with Gasteiger partial charge in [0.05, 0.1) is 10.7 Å². The summed E-state index contributed by atoms with van der Waals surface area (Å²) in [6.07, 6.45) is 0. The topological polar surface area (TPSA) is 86.3 Å². The van der Waals surface area contributed by atoms with E-state index < -0.39 is 5.91 Å². The van der Waals surface area contributed by atoms with E-state index in [1.165, 1.54) is 18.2 Å². The number of hydrogen-bond donors (Lipinski definition) is 3. The number of fused-ring (bicyclic) bond motifs is 1. The molecule has 3 N–H and O–H groups in total. The number of aromatic hydroxyl groups is 1. The van der Waals surface area contributed by atoms with Gasteiger partial charge in [-0.05, 0) is 30.3 Å². The number of nitrogens with one attached hydrogen (secondary N) is 2. The summed E-state index contributed by atoms with van der Waals surface area (Å²) in [5.74, 6) is -0.458. The minimum absolute atomic E-state index is 0.0314. The van der Waals surface area contributed by atoms with Gasteiger partial charge in [-0.1, -0.05) is 23.7 Å². The van der Waals surface area contributed by atoms with E-state index in [4.69, 9.17) is 21.4 Å². The van der Waals surface area contributed by atoms with Crippen molar-refractivity contribution >= 4 is 34.2 Å². The first-order chi connectivity index (χ1) is 10.5. The quantitative estimate of drug-likeness (QED) is 0.676. The van der Waals surface area contributed by atoms with Gasteiger partial charge in [0.2, 0.25) is 5.55 Å². The molecule has 0 fully saturated rings. The number of carbonyl (C=O) groups is 1. The fraction of sp³-hybridized carbons (Fsp3) is 0. The standard InChI is InChI=1S/C16H11ClN2O3/c17-12-3-1-2-4-13(12)19-16(21)11-7-9-5-6-10(20)8-14(9)22-15(11)18/h1-8,18,20H,(H,19,21). The first-order valence-corrected chi connectivity index (χ1v) is 6.80. The van der Waals surface area contributed by atoms with Crippen LogP contribution < -0.4 is 10.9 Å². The molecule has 1 amide bonds. The van der Waals surface area contributed by atoms with Gasteiger partial charge in [0.25, 0.3) is 5.91 Å². The van der Waals surface area contributed by atoms with Gasteiger partial charge in [-0.3, -0.25) is 10.2 Å². The van der Waals surface area contributed by atoms with Crippen LogP contribution in [0, 0.1) is 5.41 Å². The smallest absolute Gasteiger partial charge is 0.261 e. The molecule has 2 aromatic carbocycles. The molecule has 3 rings (SSSR count). The lowest BCUT2D eigenvalue weighted by Crippen LogP contribution is -2.20. The Hall–Kier alpha value is -2.79. The van der Waals surface area contributed by atoms with Crippen LogP contribution in [0.15, 0.2) is 52.9 Å². The van der Waals surface area contributed by atoms with Gasteiger partial charge < -0.3 is 14.8 Å². The number of rotatable bonds is 2. The zero-order chi connectivity index (χ0) is 15.7. The normalized spacial score (nSPS) is 10.6. The minimum atomic E-state index is -0.489. The summed E-state index contributed by atoms with van der Waals surface area (Å²) in [5, 5.41) is 20.9. The Bertz CT molecular complexity index is 934. The Kier molecular flexibility index (Phi) is 3.56. The van der Waals surface area contributed by atoms with Crippen molar-refractivity contribution in [2.45, 2.75) is 0 Å².